The van der Waals surface area contributed by atoms with Crippen molar-refractivity contribution in [2.45, 2.75) is 43.0 Å². The Morgan fingerprint density at radius 2 is 1.55 bits per heavy atom. The van der Waals surface area contributed by atoms with E-state index in [0.29, 0.717) is 56.0 Å². The van der Waals surface area contributed by atoms with Gasteiger partial charge in [-0.05, 0) is 19.3 Å². The Morgan fingerprint density at radius 3 is 2.15 bits per heavy atom. The van der Waals surface area contributed by atoms with Crippen LogP contribution in [0.2, 0.25) is 0 Å². The lowest BCUT2D eigenvalue weighted by Gasteiger charge is -2.51. The van der Waals surface area contributed by atoms with E-state index in [2.05, 4.69) is 15.9 Å². The highest BCUT2D eigenvalue weighted by molar-refractivity contribution is 9.09. The first-order valence-corrected chi connectivity index (χ1v) is 8.61. The average molecular weight is 351 g/mol. The van der Waals surface area contributed by atoms with E-state index in [0.717, 1.165) is 6.42 Å². The monoisotopic (exact) mass is 350 g/mol. The van der Waals surface area contributed by atoms with E-state index < -0.39 is 0 Å². The molecule has 5 heteroatoms. The van der Waals surface area contributed by atoms with Gasteiger partial charge >= 0.3 is 0 Å². The quantitative estimate of drug-likeness (QED) is 0.448. The molecule has 0 aromatic heterocycles. The fourth-order valence-electron chi connectivity index (χ4n) is 3.31. The van der Waals surface area contributed by atoms with Crippen LogP contribution in [0.5, 0.6) is 0 Å². The number of rotatable bonds is 10. The maximum atomic E-state index is 6.02. The Balaban J connectivity index is 1.46. The smallest absolute Gasteiger partial charge is 0.0704 e. The summed E-state index contributed by atoms with van der Waals surface area (Å²) in [6, 6.07) is 0. The lowest BCUT2D eigenvalue weighted by Crippen LogP contribution is -2.54. The summed E-state index contributed by atoms with van der Waals surface area (Å²) < 4.78 is 21.7. The molecule has 0 radical (unpaired) electrons. The van der Waals surface area contributed by atoms with Gasteiger partial charge in [-0.15, -0.1) is 0 Å². The number of methoxy groups -OCH3 is 1. The highest BCUT2D eigenvalue weighted by atomic mass is 79.9. The summed E-state index contributed by atoms with van der Waals surface area (Å²) in [5, 5.41) is 0. The highest BCUT2D eigenvalue weighted by Crippen LogP contribution is 2.57. The Bertz CT molecular complexity index is 269. The second kappa shape index (κ2) is 8.69. The molecule has 2 saturated carbocycles. The van der Waals surface area contributed by atoms with Crippen LogP contribution in [0, 0.1) is 5.41 Å². The van der Waals surface area contributed by atoms with Crippen LogP contribution < -0.4 is 0 Å². The first-order chi connectivity index (χ1) is 9.79. The molecular formula is C15H27BrO4. The van der Waals surface area contributed by atoms with Gasteiger partial charge in [0.25, 0.3) is 0 Å². The minimum Gasteiger partial charge on any atom is -0.382 e. The van der Waals surface area contributed by atoms with Gasteiger partial charge < -0.3 is 18.9 Å². The predicted molar refractivity (Wildman–Crippen MR) is 81.5 cm³/mol. The topological polar surface area (TPSA) is 36.9 Å². The van der Waals surface area contributed by atoms with Crippen molar-refractivity contribution in [1.82, 2.24) is 0 Å². The van der Waals surface area contributed by atoms with Crippen molar-refractivity contribution in [3.63, 3.8) is 0 Å². The number of ether oxygens (including phenoxy) is 4. The van der Waals surface area contributed by atoms with E-state index in [1.54, 1.807) is 7.11 Å². The molecule has 0 heterocycles. The van der Waals surface area contributed by atoms with Crippen molar-refractivity contribution in [3.05, 3.63) is 0 Å². The van der Waals surface area contributed by atoms with Crippen molar-refractivity contribution in [2.24, 2.45) is 5.41 Å². The molecule has 0 amide bonds. The molecule has 0 saturated heterocycles. The van der Waals surface area contributed by atoms with Crippen LogP contribution in [0.25, 0.3) is 0 Å². The zero-order valence-corrected chi connectivity index (χ0v) is 14.0. The maximum absolute atomic E-state index is 6.02. The van der Waals surface area contributed by atoms with Crippen molar-refractivity contribution in [2.75, 3.05) is 46.8 Å². The number of halogens is 1. The van der Waals surface area contributed by atoms with E-state index in [9.17, 15) is 0 Å². The molecule has 1 spiro atoms. The summed E-state index contributed by atoms with van der Waals surface area (Å²) in [4.78, 5) is 0.664. The molecule has 0 N–H and O–H groups in total. The van der Waals surface area contributed by atoms with E-state index >= 15 is 0 Å². The lowest BCUT2D eigenvalue weighted by molar-refractivity contribution is -0.113. The molecule has 2 fully saturated rings. The van der Waals surface area contributed by atoms with Crippen LogP contribution in [0.15, 0.2) is 0 Å². The SMILES string of the molecule is COCCOCCOCCOC1CC(Br)C12CCCC2. The molecular weight excluding hydrogens is 324 g/mol. The van der Waals surface area contributed by atoms with Crippen LogP contribution >= 0.6 is 15.9 Å². The van der Waals surface area contributed by atoms with E-state index in [-0.39, 0.29) is 0 Å². The van der Waals surface area contributed by atoms with Gasteiger partial charge in [0, 0.05) is 17.4 Å². The first-order valence-electron chi connectivity index (χ1n) is 7.70. The van der Waals surface area contributed by atoms with Crippen molar-refractivity contribution in [1.29, 1.82) is 0 Å². The standard InChI is InChI=1S/C15H27BrO4/c1-17-6-7-18-8-9-19-10-11-20-14-12-13(16)15(14)4-2-3-5-15/h13-14H,2-12H2,1H3. The van der Waals surface area contributed by atoms with Crippen molar-refractivity contribution in [3.8, 4) is 0 Å². The van der Waals surface area contributed by atoms with Crippen LogP contribution in [-0.2, 0) is 18.9 Å². The molecule has 118 valence electrons. The van der Waals surface area contributed by atoms with E-state index in [4.69, 9.17) is 18.9 Å². The normalized spacial score (nSPS) is 27.9. The van der Waals surface area contributed by atoms with E-state index in [1.807, 2.05) is 0 Å². The van der Waals surface area contributed by atoms with Crippen LogP contribution in [0.1, 0.15) is 32.1 Å². The minimum absolute atomic E-state index is 0.434. The molecule has 0 aromatic rings. The van der Waals surface area contributed by atoms with Gasteiger partial charge in [-0.1, -0.05) is 28.8 Å². The molecule has 0 aliphatic heterocycles. The van der Waals surface area contributed by atoms with Gasteiger partial charge in [-0.3, -0.25) is 0 Å². The van der Waals surface area contributed by atoms with Gasteiger partial charge in [0.2, 0.25) is 0 Å². The van der Waals surface area contributed by atoms with Gasteiger partial charge in [0.15, 0.2) is 0 Å². The second-order valence-electron chi connectivity index (χ2n) is 5.72. The summed E-state index contributed by atoms with van der Waals surface area (Å²) in [6.07, 6.45) is 6.95. The molecule has 2 atom stereocenters. The average Bonchev–Trinajstić information content (AvgIpc) is 2.97. The molecule has 0 aromatic carbocycles. The predicted octanol–water partition coefficient (Wildman–Crippen LogP) is 2.78. The van der Waals surface area contributed by atoms with Gasteiger partial charge in [0.05, 0.1) is 45.7 Å². The molecule has 0 bridgehead atoms. The highest BCUT2D eigenvalue weighted by Gasteiger charge is 2.55. The fraction of sp³-hybridized carbons (Fsp3) is 1.00. The Labute approximate surface area is 130 Å². The van der Waals surface area contributed by atoms with Gasteiger partial charge in [0.1, 0.15) is 0 Å². The van der Waals surface area contributed by atoms with Gasteiger partial charge in [-0.25, -0.2) is 0 Å². The summed E-state index contributed by atoms with van der Waals surface area (Å²) >= 11 is 3.81. The van der Waals surface area contributed by atoms with Crippen LogP contribution in [0.4, 0.5) is 0 Å². The number of alkyl halides is 1. The summed E-state index contributed by atoms with van der Waals surface area (Å²) in [5.41, 5.74) is 0.434. The third kappa shape index (κ3) is 4.17. The largest absolute Gasteiger partial charge is 0.382 e. The summed E-state index contributed by atoms with van der Waals surface area (Å²) in [5.74, 6) is 0. The zero-order valence-electron chi connectivity index (χ0n) is 12.4. The second-order valence-corrected chi connectivity index (χ2v) is 6.83. The summed E-state index contributed by atoms with van der Waals surface area (Å²) in [6.45, 7) is 3.88. The third-order valence-corrected chi connectivity index (χ3v) is 5.86. The Hall–Kier alpha value is 0.320. The third-order valence-electron chi connectivity index (χ3n) is 4.57. The Kier molecular flexibility index (Phi) is 7.25. The van der Waals surface area contributed by atoms with E-state index in [1.165, 1.54) is 25.7 Å². The van der Waals surface area contributed by atoms with Crippen molar-refractivity contribution >= 4 is 15.9 Å². The molecule has 2 unspecified atom stereocenters. The Morgan fingerprint density at radius 1 is 0.950 bits per heavy atom. The number of hydrogen-bond donors (Lipinski definition) is 0. The zero-order chi connectivity index (χ0) is 14.3. The molecule has 2 aliphatic carbocycles. The number of hydrogen-bond acceptors (Lipinski definition) is 4. The lowest BCUT2D eigenvalue weighted by atomic mass is 9.65. The fourth-order valence-corrected chi connectivity index (χ4v) is 4.41. The maximum Gasteiger partial charge on any atom is 0.0704 e. The molecule has 20 heavy (non-hydrogen) atoms. The molecule has 4 nitrogen and oxygen atoms in total. The first kappa shape index (κ1) is 16.7. The molecule has 2 aliphatic rings. The van der Waals surface area contributed by atoms with Crippen LogP contribution in [0.3, 0.4) is 0 Å². The molecule has 2 rings (SSSR count). The van der Waals surface area contributed by atoms with Crippen molar-refractivity contribution < 1.29 is 18.9 Å². The minimum atomic E-state index is 0.434. The van der Waals surface area contributed by atoms with Crippen LogP contribution in [-0.4, -0.2) is 57.7 Å². The van der Waals surface area contributed by atoms with Gasteiger partial charge in [-0.2, -0.15) is 0 Å². The summed E-state index contributed by atoms with van der Waals surface area (Å²) in [7, 11) is 1.67.